The summed E-state index contributed by atoms with van der Waals surface area (Å²) in [6, 6.07) is 13.6. The second-order valence-corrected chi connectivity index (χ2v) is 5.15. The van der Waals surface area contributed by atoms with Crippen molar-refractivity contribution < 1.29 is 4.74 Å². The summed E-state index contributed by atoms with van der Waals surface area (Å²) in [6.45, 7) is 5.97. The van der Waals surface area contributed by atoms with Gasteiger partial charge in [-0.1, -0.05) is 24.3 Å². The molecule has 0 aliphatic carbocycles. The first kappa shape index (κ1) is 13.6. The Hall–Kier alpha value is -1.87. The molecule has 1 aromatic carbocycles. The predicted molar refractivity (Wildman–Crippen MR) is 76.9 cm³/mol. The summed E-state index contributed by atoms with van der Waals surface area (Å²) in [6.07, 6.45) is 1.78. The van der Waals surface area contributed by atoms with Gasteiger partial charge in [-0.25, -0.2) is 0 Å². The van der Waals surface area contributed by atoms with Crippen LogP contribution >= 0.6 is 0 Å². The maximum Gasteiger partial charge on any atom is 0.145 e. The highest BCUT2D eigenvalue weighted by molar-refractivity contribution is 5.36. The largest absolute Gasteiger partial charge is 0.481 e. The average Bonchev–Trinajstić information content (AvgIpc) is 2.39. The number of rotatable bonds is 4. The molecule has 1 unspecified atom stereocenters. The molecule has 1 aromatic heterocycles. The Morgan fingerprint density at radius 2 is 1.79 bits per heavy atom. The molecule has 0 fully saturated rings. The van der Waals surface area contributed by atoms with E-state index in [1.54, 1.807) is 6.20 Å². The average molecular weight is 256 g/mol. The van der Waals surface area contributed by atoms with Gasteiger partial charge in [0.05, 0.1) is 5.69 Å². The van der Waals surface area contributed by atoms with Crippen LogP contribution in [0.3, 0.4) is 0 Å². The van der Waals surface area contributed by atoms with E-state index in [4.69, 9.17) is 10.5 Å². The molecule has 1 heterocycles. The van der Waals surface area contributed by atoms with Crippen LogP contribution in [0.2, 0.25) is 0 Å². The summed E-state index contributed by atoms with van der Waals surface area (Å²) >= 11 is 0. The Kier molecular flexibility index (Phi) is 3.86. The number of hydrogen-bond donors (Lipinski definition) is 1. The van der Waals surface area contributed by atoms with Crippen LogP contribution in [0.25, 0.3) is 0 Å². The fraction of sp³-hybridized carbons (Fsp3) is 0.312. The highest BCUT2D eigenvalue weighted by Crippen LogP contribution is 2.31. The number of pyridine rings is 1. The number of nitrogens with zero attached hydrogens (tertiary/aromatic N) is 1. The number of nitrogens with two attached hydrogens (primary N) is 1. The molecule has 0 aliphatic heterocycles. The van der Waals surface area contributed by atoms with Crippen molar-refractivity contribution in [1.82, 2.24) is 4.98 Å². The van der Waals surface area contributed by atoms with E-state index in [1.165, 1.54) is 0 Å². The maximum atomic E-state index is 6.14. The zero-order chi connectivity index (χ0) is 13.9. The van der Waals surface area contributed by atoms with Crippen LogP contribution in [0, 0.1) is 0 Å². The van der Waals surface area contributed by atoms with Gasteiger partial charge in [0.15, 0.2) is 0 Å². The number of aromatic nitrogens is 1. The van der Waals surface area contributed by atoms with Crippen molar-refractivity contribution in [3.05, 3.63) is 59.9 Å². The quantitative estimate of drug-likeness (QED) is 0.911. The molecule has 0 spiro atoms. The van der Waals surface area contributed by atoms with Gasteiger partial charge < -0.3 is 10.5 Å². The highest BCUT2D eigenvalue weighted by Gasteiger charge is 2.25. The molecule has 1 atom stereocenters. The van der Waals surface area contributed by atoms with E-state index in [9.17, 15) is 0 Å². The molecule has 0 bridgehead atoms. The highest BCUT2D eigenvalue weighted by atomic mass is 16.5. The van der Waals surface area contributed by atoms with Crippen molar-refractivity contribution in [3.63, 3.8) is 0 Å². The van der Waals surface area contributed by atoms with Crippen LogP contribution < -0.4 is 10.5 Å². The molecule has 0 saturated heterocycles. The molecular formula is C16H20N2O. The van der Waals surface area contributed by atoms with E-state index < -0.39 is 5.60 Å². The van der Waals surface area contributed by atoms with Crippen molar-refractivity contribution in [1.29, 1.82) is 0 Å². The smallest absolute Gasteiger partial charge is 0.145 e. The van der Waals surface area contributed by atoms with Crippen molar-refractivity contribution in [2.45, 2.75) is 32.4 Å². The Morgan fingerprint density at radius 3 is 2.42 bits per heavy atom. The maximum absolute atomic E-state index is 6.14. The van der Waals surface area contributed by atoms with Crippen LogP contribution in [0.5, 0.6) is 5.75 Å². The third-order valence-corrected chi connectivity index (χ3v) is 3.06. The van der Waals surface area contributed by atoms with Crippen molar-refractivity contribution in [2.24, 2.45) is 5.73 Å². The fourth-order valence-corrected chi connectivity index (χ4v) is 2.00. The lowest BCUT2D eigenvalue weighted by Crippen LogP contribution is -2.27. The topological polar surface area (TPSA) is 48.1 Å². The molecule has 0 amide bonds. The molecular weight excluding hydrogens is 236 g/mol. The number of ether oxygens (including phenoxy) is 1. The van der Waals surface area contributed by atoms with E-state index in [0.717, 1.165) is 17.0 Å². The molecule has 0 aliphatic rings. The Morgan fingerprint density at radius 1 is 1.11 bits per heavy atom. The lowest BCUT2D eigenvalue weighted by molar-refractivity contribution is 0.102. The van der Waals surface area contributed by atoms with Gasteiger partial charge in [-0.2, -0.15) is 0 Å². The van der Waals surface area contributed by atoms with E-state index in [-0.39, 0.29) is 6.04 Å². The first-order valence-corrected chi connectivity index (χ1v) is 6.46. The molecule has 19 heavy (non-hydrogen) atoms. The van der Waals surface area contributed by atoms with E-state index >= 15 is 0 Å². The Bertz CT molecular complexity index is 535. The van der Waals surface area contributed by atoms with E-state index in [0.29, 0.717) is 0 Å². The second-order valence-electron chi connectivity index (χ2n) is 5.15. The predicted octanol–water partition coefficient (Wildman–Crippen LogP) is 3.42. The molecule has 100 valence electrons. The van der Waals surface area contributed by atoms with Gasteiger partial charge in [-0.15, -0.1) is 0 Å². The van der Waals surface area contributed by atoms with Crippen LogP contribution in [-0.2, 0) is 5.60 Å². The molecule has 0 radical (unpaired) electrons. The summed E-state index contributed by atoms with van der Waals surface area (Å²) in [5.41, 5.74) is 7.39. The van der Waals surface area contributed by atoms with Crippen molar-refractivity contribution in [2.75, 3.05) is 0 Å². The molecule has 2 rings (SSSR count). The fourth-order valence-electron chi connectivity index (χ4n) is 2.00. The molecule has 3 heteroatoms. The summed E-state index contributed by atoms with van der Waals surface area (Å²) in [5, 5.41) is 0. The number of hydrogen-bond acceptors (Lipinski definition) is 3. The minimum absolute atomic E-state index is 0.0595. The van der Waals surface area contributed by atoms with E-state index in [2.05, 4.69) is 4.98 Å². The third-order valence-electron chi connectivity index (χ3n) is 3.06. The SMILES string of the molecule is CC(N)c1ccccc1OC(C)(C)c1ccccn1. The minimum atomic E-state index is -0.494. The number of benzene rings is 1. The summed E-state index contributed by atoms with van der Waals surface area (Å²) in [5.74, 6) is 0.813. The summed E-state index contributed by atoms with van der Waals surface area (Å²) in [7, 11) is 0. The molecule has 0 saturated carbocycles. The molecule has 3 nitrogen and oxygen atoms in total. The van der Waals surface area contributed by atoms with Gasteiger partial charge >= 0.3 is 0 Å². The number of para-hydroxylation sites is 1. The Balaban J connectivity index is 2.31. The van der Waals surface area contributed by atoms with E-state index in [1.807, 2.05) is 63.2 Å². The first-order chi connectivity index (χ1) is 9.00. The van der Waals surface area contributed by atoms with Gasteiger partial charge in [-0.3, -0.25) is 4.98 Å². The molecule has 2 aromatic rings. The first-order valence-electron chi connectivity index (χ1n) is 6.46. The lowest BCUT2D eigenvalue weighted by Gasteiger charge is -2.27. The third kappa shape index (κ3) is 3.12. The monoisotopic (exact) mass is 256 g/mol. The lowest BCUT2D eigenvalue weighted by atomic mass is 10.0. The van der Waals surface area contributed by atoms with Gasteiger partial charge in [0.2, 0.25) is 0 Å². The summed E-state index contributed by atoms with van der Waals surface area (Å²) < 4.78 is 6.14. The van der Waals surface area contributed by atoms with Gasteiger partial charge in [0.1, 0.15) is 11.4 Å². The normalized spacial score (nSPS) is 13.1. The van der Waals surface area contributed by atoms with Crippen LogP contribution in [0.1, 0.15) is 38.1 Å². The van der Waals surface area contributed by atoms with Crippen LogP contribution in [0.15, 0.2) is 48.7 Å². The molecule has 2 N–H and O–H groups in total. The van der Waals surface area contributed by atoms with Gasteiger partial charge in [0, 0.05) is 17.8 Å². The van der Waals surface area contributed by atoms with Crippen molar-refractivity contribution >= 4 is 0 Å². The van der Waals surface area contributed by atoms with Crippen LogP contribution in [-0.4, -0.2) is 4.98 Å². The standard InChI is InChI=1S/C16H20N2O/c1-12(17)13-8-4-5-9-14(13)19-16(2,3)15-10-6-7-11-18-15/h4-12H,17H2,1-3H3. The summed E-state index contributed by atoms with van der Waals surface area (Å²) in [4.78, 5) is 4.36. The Labute approximate surface area is 114 Å². The van der Waals surface area contributed by atoms with Gasteiger partial charge in [0.25, 0.3) is 0 Å². The van der Waals surface area contributed by atoms with Crippen molar-refractivity contribution in [3.8, 4) is 5.75 Å². The van der Waals surface area contributed by atoms with Gasteiger partial charge in [-0.05, 0) is 39.0 Å². The zero-order valence-electron chi connectivity index (χ0n) is 11.6. The minimum Gasteiger partial charge on any atom is -0.481 e. The second kappa shape index (κ2) is 5.41. The van der Waals surface area contributed by atoms with Crippen LogP contribution in [0.4, 0.5) is 0 Å². The zero-order valence-corrected chi connectivity index (χ0v) is 11.6.